The minimum atomic E-state index is -0.696. The number of aryl methyl sites for hydroxylation is 1. The highest BCUT2D eigenvalue weighted by molar-refractivity contribution is 9.10. The average molecular weight is 343 g/mol. The van der Waals surface area contributed by atoms with Crippen molar-refractivity contribution >= 4 is 33.3 Å². The van der Waals surface area contributed by atoms with E-state index in [4.69, 9.17) is 0 Å². The maximum Gasteiger partial charge on any atom is 0.150 e. The third-order valence-corrected chi connectivity index (χ3v) is 2.91. The zero-order chi connectivity index (χ0) is 14.7. The van der Waals surface area contributed by atoms with E-state index in [1.54, 1.807) is 13.0 Å². The molecule has 20 heavy (non-hydrogen) atoms. The van der Waals surface area contributed by atoms with Crippen LogP contribution in [-0.2, 0) is 0 Å². The van der Waals surface area contributed by atoms with Crippen LogP contribution in [0.1, 0.15) is 12.7 Å². The summed E-state index contributed by atoms with van der Waals surface area (Å²) in [4.78, 5) is 8.28. The van der Waals surface area contributed by atoms with Gasteiger partial charge in [0.05, 0.1) is 0 Å². The monoisotopic (exact) mass is 342 g/mol. The second-order valence-corrected chi connectivity index (χ2v) is 5.00. The molecular weight excluding hydrogens is 330 g/mol. The largest absolute Gasteiger partial charge is 0.370 e. The molecule has 0 aliphatic carbocycles. The van der Waals surface area contributed by atoms with Gasteiger partial charge in [0, 0.05) is 17.1 Å². The summed E-state index contributed by atoms with van der Waals surface area (Å²) >= 11 is 3.03. The molecule has 4 nitrogen and oxygen atoms in total. The SMILES string of the molecule is CCNc1cc(Nc2c(F)cc(Br)cc2F)nc(C)n1. The maximum absolute atomic E-state index is 13.8. The molecule has 2 aromatic rings. The molecule has 0 amide bonds. The van der Waals surface area contributed by atoms with Gasteiger partial charge in [0.15, 0.2) is 11.6 Å². The van der Waals surface area contributed by atoms with Crippen LogP contribution in [-0.4, -0.2) is 16.5 Å². The van der Waals surface area contributed by atoms with Gasteiger partial charge < -0.3 is 10.6 Å². The molecule has 0 aliphatic rings. The van der Waals surface area contributed by atoms with Crippen LogP contribution < -0.4 is 10.6 Å². The van der Waals surface area contributed by atoms with Crippen molar-refractivity contribution in [1.82, 2.24) is 9.97 Å². The summed E-state index contributed by atoms with van der Waals surface area (Å²) in [5.74, 6) is 0.0363. The van der Waals surface area contributed by atoms with Gasteiger partial charge in [0.25, 0.3) is 0 Å². The van der Waals surface area contributed by atoms with Crippen LogP contribution in [0.25, 0.3) is 0 Å². The molecule has 1 aromatic carbocycles. The number of anilines is 3. The summed E-state index contributed by atoms with van der Waals surface area (Å²) in [5.41, 5.74) is -0.242. The van der Waals surface area contributed by atoms with Crippen LogP contribution in [0.5, 0.6) is 0 Å². The Morgan fingerprint density at radius 1 is 1.10 bits per heavy atom. The smallest absolute Gasteiger partial charge is 0.150 e. The van der Waals surface area contributed by atoms with Crippen molar-refractivity contribution in [2.24, 2.45) is 0 Å². The van der Waals surface area contributed by atoms with Crippen molar-refractivity contribution in [1.29, 1.82) is 0 Å². The Hall–Kier alpha value is -1.76. The van der Waals surface area contributed by atoms with Gasteiger partial charge in [0.2, 0.25) is 0 Å². The van der Waals surface area contributed by atoms with Crippen molar-refractivity contribution in [3.05, 3.63) is 40.1 Å². The van der Waals surface area contributed by atoms with Crippen molar-refractivity contribution < 1.29 is 8.78 Å². The normalized spacial score (nSPS) is 10.4. The first-order valence-corrected chi connectivity index (χ1v) is 6.80. The highest BCUT2D eigenvalue weighted by atomic mass is 79.9. The van der Waals surface area contributed by atoms with E-state index in [2.05, 4.69) is 36.5 Å². The van der Waals surface area contributed by atoms with E-state index in [0.29, 0.717) is 28.5 Å². The Bertz CT molecular complexity index is 611. The predicted molar refractivity (Wildman–Crippen MR) is 78.3 cm³/mol. The van der Waals surface area contributed by atoms with Gasteiger partial charge in [-0.3, -0.25) is 0 Å². The zero-order valence-corrected chi connectivity index (χ0v) is 12.6. The zero-order valence-electron chi connectivity index (χ0n) is 11.0. The molecule has 0 aliphatic heterocycles. The molecule has 0 atom stereocenters. The molecule has 7 heteroatoms. The lowest BCUT2D eigenvalue weighted by molar-refractivity contribution is 0.589. The van der Waals surface area contributed by atoms with Crippen molar-refractivity contribution in [2.75, 3.05) is 17.2 Å². The summed E-state index contributed by atoms with van der Waals surface area (Å²) in [6, 6.07) is 3.97. The molecule has 0 unspecified atom stereocenters. The number of benzene rings is 1. The van der Waals surface area contributed by atoms with E-state index in [-0.39, 0.29) is 5.69 Å². The fraction of sp³-hybridized carbons (Fsp3) is 0.231. The molecule has 1 heterocycles. The third-order valence-electron chi connectivity index (χ3n) is 2.46. The summed E-state index contributed by atoms with van der Waals surface area (Å²) in [5, 5.41) is 5.67. The predicted octanol–water partition coefficient (Wildman–Crippen LogP) is 4.00. The van der Waals surface area contributed by atoms with Gasteiger partial charge in [0.1, 0.15) is 23.1 Å². The highest BCUT2D eigenvalue weighted by Gasteiger charge is 2.12. The van der Waals surface area contributed by atoms with Crippen molar-refractivity contribution in [2.45, 2.75) is 13.8 Å². The van der Waals surface area contributed by atoms with E-state index in [1.165, 1.54) is 12.1 Å². The Labute approximate surface area is 123 Å². The van der Waals surface area contributed by atoms with Gasteiger partial charge >= 0.3 is 0 Å². The number of nitrogens with zero attached hydrogens (tertiary/aromatic N) is 2. The topological polar surface area (TPSA) is 49.8 Å². The lowest BCUT2D eigenvalue weighted by Gasteiger charge is -2.11. The first kappa shape index (κ1) is 14.6. The number of halogens is 3. The molecule has 0 bridgehead atoms. The van der Waals surface area contributed by atoms with Gasteiger partial charge in [-0.25, -0.2) is 18.7 Å². The second-order valence-electron chi connectivity index (χ2n) is 4.09. The molecule has 2 rings (SSSR count). The molecule has 106 valence electrons. The lowest BCUT2D eigenvalue weighted by Crippen LogP contribution is -2.05. The molecule has 1 aromatic heterocycles. The number of rotatable bonds is 4. The van der Waals surface area contributed by atoms with E-state index in [9.17, 15) is 8.78 Å². The summed E-state index contributed by atoms with van der Waals surface area (Å²) in [7, 11) is 0. The first-order chi connectivity index (χ1) is 9.49. The molecule has 0 fully saturated rings. The number of nitrogens with one attached hydrogen (secondary N) is 2. The second kappa shape index (κ2) is 6.13. The van der Waals surface area contributed by atoms with Crippen molar-refractivity contribution in [3.63, 3.8) is 0 Å². The summed E-state index contributed by atoms with van der Waals surface area (Å²) in [6.07, 6.45) is 0. The third kappa shape index (κ3) is 3.41. The fourth-order valence-corrected chi connectivity index (χ4v) is 2.10. The van der Waals surface area contributed by atoms with Gasteiger partial charge in [-0.1, -0.05) is 15.9 Å². The minimum absolute atomic E-state index is 0.242. The van der Waals surface area contributed by atoms with Gasteiger partial charge in [-0.05, 0) is 26.0 Å². The quantitative estimate of drug-likeness (QED) is 0.881. The van der Waals surface area contributed by atoms with E-state index in [1.807, 2.05) is 6.92 Å². The minimum Gasteiger partial charge on any atom is -0.370 e. The van der Waals surface area contributed by atoms with Crippen LogP contribution in [0.3, 0.4) is 0 Å². The van der Waals surface area contributed by atoms with Crippen LogP contribution >= 0.6 is 15.9 Å². The Morgan fingerprint density at radius 3 is 2.30 bits per heavy atom. The van der Waals surface area contributed by atoms with E-state index in [0.717, 1.165) is 0 Å². The summed E-state index contributed by atoms with van der Waals surface area (Å²) in [6.45, 7) is 4.33. The average Bonchev–Trinajstić information content (AvgIpc) is 2.33. The lowest BCUT2D eigenvalue weighted by atomic mass is 10.3. The Morgan fingerprint density at radius 2 is 1.70 bits per heavy atom. The maximum atomic E-state index is 13.8. The number of hydrogen-bond donors (Lipinski definition) is 2. The van der Waals surface area contributed by atoms with Crippen LogP contribution in [0.2, 0.25) is 0 Å². The molecular formula is C13H13BrF2N4. The molecule has 2 N–H and O–H groups in total. The summed E-state index contributed by atoms with van der Waals surface area (Å²) < 4.78 is 27.8. The van der Waals surface area contributed by atoms with Crippen LogP contribution in [0.15, 0.2) is 22.7 Å². The van der Waals surface area contributed by atoms with Crippen LogP contribution in [0.4, 0.5) is 26.1 Å². The molecule has 0 radical (unpaired) electrons. The standard InChI is InChI=1S/C13H13BrF2N4/c1-3-17-11-6-12(19-7(2)18-11)20-13-9(15)4-8(14)5-10(13)16/h4-6H,3H2,1-2H3,(H2,17,18,19,20). The van der Waals surface area contributed by atoms with Crippen molar-refractivity contribution in [3.8, 4) is 0 Å². The highest BCUT2D eigenvalue weighted by Crippen LogP contribution is 2.26. The first-order valence-electron chi connectivity index (χ1n) is 6.00. The van der Waals surface area contributed by atoms with Gasteiger partial charge in [-0.15, -0.1) is 0 Å². The van der Waals surface area contributed by atoms with Gasteiger partial charge in [-0.2, -0.15) is 0 Å². The van der Waals surface area contributed by atoms with Crippen LogP contribution in [0, 0.1) is 18.6 Å². The molecule has 0 saturated carbocycles. The Balaban J connectivity index is 2.35. The fourth-order valence-electron chi connectivity index (χ4n) is 1.69. The van der Waals surface area contributed by atoms with E-state index >= 15 is 0 Å². The number of aromatic nitrogens is 2. The molecule has 0 saturated heterocycles. The molecule has 0 spiro atoms. The number of hydrogen-bond acceptors (Lipinski definition) is 4. The van der Waals surface area contributed by atoms with E-state index < -0.39 is 11.6 Å². The Kier molecular flexibility index (Phi) is 4.49.